The molecule has 0 fully saturated rings. The average molecular weight is 372 g/mol. The summed E-state index contributed by atoms with van der Waals surface area (Å²) < 4.78 is 27.6. The fraction of sp³-hybridized carbons (Fsp3) is 0. The van der Waals surface area contributed by atoms with Gasteiger partial charge in [-0.25, -0.2) is 8.42 Å². The van der Waals surface area contributed by atoms with Gasteiger partial charge >= 0.3 is 5.69 Å². The van der Waals surface area contributed by atoms with Gasteiger partial charge in [-0.2, -0.15) is 0 Å². The third kappa shape index (κ3) is 3.31. The van der Waals surface area contributed by atoms with Crippen LogP contribution in [0.2, 0.25) is 0 Å². The molecule has 0 bridgehead atoms. The van der Waals surface area contributed by atoms with Crippen LogP contribution < -0.4 is 10.5 Å². The van der Waals surface area contributed by atoms with Gasteiger partial charge in [0.05, 0.1) is 4.92 Å². The number of nitrogens with one attached hydrogen (secondary N) is 1. The highest BCUT2D eigenvalue weighted by molar-refractivity contribution is 9.10. The van der Waals surface area contributed by atoms with Crippen molar-refractivity contribution in [2.45, 2.75) is 4.90 Å². The average Bonchev–Trinajstić information content (AvgIpc) is 2.40. The van der Waals surface area contributed by atoms with E-state index in [1.165, 1.54) is 24.3 Å². The normalized spacial score (nSPS) is 11.1. The number of nitro groups is 1. The van der Waals surface area contributed by atoms with Crippen LogP contribution in [0.1, 0.15) is 0 Å². The second kappa shape index (κ2) is 5.70. The molecule has 0 amide bonds. The van der Waals surface area contributed by atoms with E-state index in [4.69, 9.17) is 5.73 Å². The summed E-state index contributed by atoms with van der Waals surface area (Å²) in [6, 6.07) is 10.1. The third-order valence-corrected chi connectivity index (χ3v) is 4.54. The molecule has 0 saturated carbocycles. The van der Waals surface area contributed by atoms with Crippen molar-refractivity contribution in [3.63, 3.8) is 0 Å². The molecule has 0 atom stereocenters. The predicted octanol–water partition coefficient (Wildman–Crippen LogP) is 2.74. The Kier molecular flexibility index (Phi) is 4.14. The number of rotatable bonds is 4. The molecule has 7 nitrogen and oxygen atoms in total. The van der Waals surface area contributed by atoms with E-state index >= 15 is 0 Å². The molecule has 0 radical (unpaired) electrons. The van der Waals surface area contributed by atoms with E-state index in [2.05, 4.69) is 20.7 Å². The number of sulfonamides is 1. The standard InChI is InChI=1S/C12H10BrN3O4S/c13-8-4-6-9(7-5-8)15-21(19,20)11-3-1-2-10(14)12(11)16(17)18/h1-7,15H,14H2. The number of hydrogen-bond acceptors (Lipinski definition) is 5. The first-order valence-corrected chi connectivity index (χ1v) is 7.90. The molecular formula is C12H10BrN3O4S. The maximum absolute atomic E-state index is 12.3. The fourth-order valence-corrected chi connectivity index (χ4v) is 3.20. The van der Waals surface area contributed by atoms with Crippen molar-refractivity contribution in [1.29, 1.82) is 0 Å². The van der Waals surface area contributed by atoms with Crippen LogP contribution in [0, 0.1) is 10.1 Å². The van der Waals surface area contributed by atoms with Gasteiger partial charge in [0.15, 0.2) is 4.90 Å². The molecule has 9 heteroatoms. The Balaban J connectivity index is 2.47. The Morgan fingerprint density at radius 3 is 2.33 bits per heavy atom. The summed E-state index contributed by atoms with van der Waals surface area (Å²) in [5.74, 6) is 0. The monoisotopic (exact) mass is 371 g/mol. The molecule has 0 aromatic heterocycles. The number of nitrogen functional groups attached to an aromatic ring is 1. The number of nitrogens with zero attached hydrogens (tertiary/aromatic N) is 1. The van der Waals surface area contributed by atoms with Crippen molar-refractivity contribution in [3.8, 4) is 0 Å². The van der Waals surface area contributed by atoms with Crippen molar-refractivity contribution in [1.82, 2.24) is 0 Å². The van der Waals surface area contributed by atoms with Crippen molar-refractivity contribution >= 4 is 43.0 Å². The van der Waals surface area contributed by atoms with Crippen molar-refractivity contribution < 1.29 is 13.3 Å². The SMILES string of the molecule is Nc1cccc(S(=O)(=O)Nc2ccc(Br)cc2)c1[N+](=O)[O-]. The lowest BCUT2D eigenvalue weighted by Gasteiger charge is -2.09. The third-order valence-electron chi connectivity index (χ3n) is 2.60. The number of anilines is 2. The van der Waals surface area contributed by atoms with E-state index in [9.17, 15) is 18.5 Å². The Morgan fingerprint density at radius 2 is 1.76 bits per heavy atom. The van der Waals surface area contributed by atoms with Gasteiger partial charge in [-0.1, -0.05) is 22.0 Å². The minimum Gasteiger partial charge on any atom is -0.393 e. The highest BCUT2D eigenvalue weighted by Crippen LogP contribution is 2.31. The van der Waals surface area contributed by atoms with Crippen molar-refractivity contribution in [2.75, 3.05) is 10.5 Å². The first-order valence-electron chi connectivity index (χ1n) is 5.62. The molecule has 0 spiro atoms. The predicted molar refractivity (Wildman–Crippen MR) is 82.5 cm³/mol. The van der Waals surface area contributed by atoms with Crippen LogP contribution in [-0.4, -0.2) is 13.3 Å². The summed E-state index contributed by atoms with van der Waals surface area (Å²) in [5.41, 5.74) is 4.93. The minimum absolute atomic E-state index is 0.210. The van der Waals surface area contributed by atoms with Crippen LogP contribution in [0.4, 0.5) is 17.1 Å². The van der Waals surface area contributed by atoms with Crippen LogP contribution in [0.5, 0.6) is 0 Å². The Morgan fingerprint density at radius 1 is 1.14 bits per heavy atom. The molecule has 110 valence electrons. The summed E-state index contributed by atoms with van der Waals surface area (Å²) in [6.07, 6.45) is 0. The number of hydrogen-bond donors (Lipinski definition) is 2. The van der Waals surface area contributed by atoms with Crippen LogP contribution >= 0.6 is 15.9 Å². The van der Waals surface area contributed by atoms with Gasteiger partial charge in [-0.05, 0) is 36.4 Å². The molecule has 0 unspecified atom stereocenters. The topological polar surface area (TPSA) is 115 Å². The van der Waals surface area contributed by atoms with Gasteiger partial charge in [0.2, 0.25) is 0 Å². The summed E-state index contributed by atoms with van der Waals surface area (Å²) in [6.45, 7) is 0. The lowest BCUT2D eigenvalue weighted by atomic mass is 10.3. The van der Waals surface area contributed by atoms with Crippen LogP contribution in [0.3, 0.4) is 0 Å². The lowest BCUT2D eigenvalue weighted by Crippen LogP contribution is -2.15. The maximum atomic E-state index is 12.3. The van der Waals surface area contributed by atoms with Crippen molar-refractivity contribution in [2.24, 2.45) is 0 Å². The molecule has 2 aromatic carbocycles. The molecule has 0 aliphatic rings. The molecular weight excluding hydrogens is 362 g/mol. The highest BCUT2D eigenvalue weighted by Gasteiger charge is 2.28. The van der Waals surface area contributed by atoms with Gasteiger partial charge < -0.3 is 5.73 Å². The van der Waals surface area contributed by atoms with Crippen LogP contribution in [0.15, 0.2) is 51.8 Å². The molecule has 2 aromatic rings. The molecule has 0 aliphatic heterocycles. The quantitative estimate of drug-likeness (QED) is 0.486. The van der Waals surface area contributed by atoms with Crippen LogP contribution in [0.25, 0.3) is 0 Å². The van der Waals surface area contributed by atoms with Crippen molar-refractivity contribution in [3.05, 3.63) is 57.1 Å². The van der Waals surface area contributed by atoms with Gasteiger partial charge in [-0.15, -0.1) is 0 Å². The molecule has 0 heterocycles. The van der Waals surface area contributed by atoms with Crippen LogP contribution in [-0.2, 0) is 10.0 Å². The summed E-state index contributed by atoms with van der Waals surface area (Å²) in [4.78, 5) is 9.72. The largest absolute Gasteiger partial charge is 0.393 e. The Labute approximate surface area is 129 Å². The summed E-state index contributed by atoms with van der Waals surface area (Å²) in [7, 11) is -4.11. The molecule has 2 rings (SSSR count). The second-order valence-corrected chi connectivity index (χ2v) is 6.63. The molecule has 0 aliphatic carbocycles. The van der Waals surface area contributed by atoms with E-state index in [0.29, 0.717) is 0 Å². The van der Waals surface area contributed by atoms with Gasteiger partial charge in [-0.3, -0.25) is 14.8 Å². The van der Waals surface area contributed by atoms with E-state index in [1.54, 1.807) is 12.1 Å². The smallest absolute Gasteiger partial charge is 0.312 e. The number of nitrogens with two attached hydrogens (primary N) is 1. The number of para-hydroxylation sites is 1. The minimum atomic E-state index is -4.11. The van der Waals surface area contributed by atoms with E-state index < -0.39 is 25.5 Å². The second-order valence-electron chi connectivity index (χ2n) is 4.06. The maximum Gasteiger partial charge on any atom is 0.312 e. The van der Waals surface area contributed by atoms with Gasteiger partial charge in [0, 0.05) is 10.2 Å². The number of benzene rings is 2. The summed E-state index contributed by atoms with van der Waals surface area (Å²) >= 11 is 3.23. The highest BCUT2D eigenvalue weighted by atomic mass is 79.9. The zero-order valence-corrected chi connectivity index (χ0v) is 12.9. The first kappa shape index (κ1) is 15.3. The van der Waals surface area contributed by atoms with E-state index in [0.717, 1.165) is 10.5 Å². The molecule has 3 N–H and O–H groups in total. The number of nitro benzene ring substituents is 1. The summed E-state index contributed by atoms with van der Waals surface area (Å²) in [5, 5.41) is 11.0. The Hall–Kier alpha value is -2.13. The lowest BCUT2D eigenvalue weighted by molar-refractivity contribution is -0.386. The van der Waals surface area contributed by atoms with E-state index in [1.807, 2.05) is 0 Å². The first-order chi connectivity index (χ1) is 9.81. The molecule has 21 heavy (non-hydrogen) atoms. The van der Waals surface area contributed by atoms with E-state index in [-0.39, 0.29) is 11.4 Å². The zero-order valence-electron chi connectivity index (χ0n) is 10.5. The Bertz CT molecular complexity index is 791. The zero-order chi connectivity index (χ0) is 15.6. The fourth-order valence-electron chi connectivity index (χ4n) is 1.68. The van der Waals surface area contributed by atoms with Gasteiger partial charge in [0.25, 0.3) is 10.0 Å². The molecule has 0 saturated heterocycles. The number of halogens is 1. The van der Waals surface area contributed by atoms with Gasteiger partial charge in [0.1, 0.15) is 5.69 Å².